The van der Waals surface area contributed by atoms with E-state index in [0.29, 0.717) is 37.6 Å². The number of amides is 2. The van der Waals surface area contributed by atoms with Crippen LogP contribution in [0.1, 0.15) is 15.9 Å². The Labute approximate surface area is 158 Å². The molecule has 3 rings (SSSR count). The standard InChI is InChI=1S/C21H22N2O4/c1-26-17-9-6-16(7-10-17)8-11-20(24)22-19-5-3-2-4-18(19)21(25)23-12-14-27-15-13-23/h2-11H,12-15H2,1H3,(H,22,24). The maximum Gasteiger partial charge on any atom is 0.256 e. The molecule has 1 fully saturated rings. The zero-order valence-corrected chi connectivity index (χ0v) is 15.2. The van der Waals surface area contributed by atoms with Crippen LogP contribution in [-0.2, 0) is 9.53 Å². The third-order valence-electron chi connectivity index (χ3n) is 4.26. The Hall–Kier alpha value is -3.12. The zero-order chi connectivity index (χ0) is 19.1. The molecular formula is C21H22N2O4. The number of nitrogens with one attached hydrogen (secondary N) is 1. The molecule has 27 heavy (non-hydrogen) atoms. The molecule has 0 bridgehead atoms. The average Bonchev–Trinajstić information content (AvgIpc) is 2.73. The number of nitrogens with zero attached hydrogens (tertiary/aromatic N) is 1. The van der Waals surface area contributed by atoms with Crippen molar-refractivity contribution in [2.24, 2.45) is 0 Å². The summed E-state index contributed by atoms with van der Waals surface area (Å²) in [6.45, 7) is 2.17. The van der Waals surface area contributed by atoms with Crippen molar-refractivity contribution in [1.29, 1.82) is 0 Å². The van der Waals surface area contributed by atoms with E-state index in [1.165, 1.54) is 6.08 Å². The zero-order valence-electron chi connectivity index (χ0n) is 15.2. The number of methoxy groups -OCH3 is 1. The summed E-state index contributed by atoms with van der Waals surface area (Å²) < 4.78 is 10.4. The first-order valence-electron chi connectivity index (χ1n) is 8.76. The number of carbonyl (C=O) groups is 2. The normalized spacial score (nSPS) is 14.2. The number of rotatable bonds is 5. The van der Waals surface area contributed by atoms with E-state index in [1.54, 1.807) is 42.4 Å². The van der Waals surface area contributed by atoms with Crippen LogP contribution in [0, 0.1) is 0 Å². The van der Waals surface area contributed by atoms with Crippen LogP contribution in [0.4, 0.5) is 5.69 Å². The molecule has 140 valence electrons. The minimum Gasteiger partial charge on any atom is -0.497 e. The van der Waals surface area contributed by atoms with Crippen molar-refractivity contribution in [1.82, 2.24) is 4.90 Å². The van der Waals surface area contributed by atoms with Gasteiger partial charge < -0.3 is 19.7 Å². The second-order valence-corrected chi connectivity index (χ2v) is 6.05. The van der Waals surface area contributed by atoms with Gasteiger partial charge >= 0.3 is 0 Å². The summed E-state index contributed by atoms with van der Waals surface area (Å²) in [5, 5.41) is 2.79. The van der Waals surface area contributed by atoms with Gasteiger partial charge in [0.15, 0.2) is 0 Å². The smallest absolute Gasteiger partial charge is 0.256 e. The van der Waals surface area contributed by atoms with Crippen LogP contribution in [0.3, 0.4) is 0 Å². The van der Waals surface area contributed by atoms with Crippen LogP contribution in [0.15, 0.2) is 54.6 Å². The molecule has 6 nitrogen and oxygen atoms in total. The molecule has 0 radical (unpaired) electrons. The van der Waals surface area contributed by atoms with Crippen LogP contribution in [-0.4, -0.2) is 50.1 Å². The Balaban J connectivity index is 1.68. The van der Waals surface area contributed by atoms with Gasteiger partial charge in [0.2, 0.25) is 5.91 Å². The highest BCUT2D eigenvalue weighted by Crippen LogP contribution is 2.18. The summed E-state index contributed by atoms with van der Waals surface area (Å²) in [5.41, 5.74) is 1.85. The van der Waals surface area contributed by atoms with E-state index in [9.17, 15) is 9.59 Å². The predicted molar refractivity (Wildman–Crippen MR) is 104 cm³/mol. The van der Waals surface area contributed by atoms with E-state index in [0.717, 1.165) is 11.3 Å². The summed E-state index contributed by atoms with van der Waals surface area (Å²) in [6, 6.07) is 14.4. The molecule has 2 aromatic rings. The lowest BCUT2D eigenvalue weighted by molar-refractivity contribution is -0.111. The summed E-state index contributed by atoms with van der Waals surface area (Å²) in [4.78, 5) is 26.8. The lowest BCUT2D eigenvalue weighted by atomic mass is 10.1. The quantitative estimate of drug-likeness (QED) is 0.827. The van der Waals surface area contributed by atoms with E-state index in [1.807, 2.05) is 24.3 Å². The van der Waals surface area contributed by atoms with Gasteiger partial charge in [-0.2, -0.15) is 0 Å². The first kappa shape index (κ1) is 18.7. The Morgan fingerprint density at radius 2 is 1.78 bits per heavy atom. The minimum atomic E-state index is -0.298. The number of anilines is 1. The fourth-order valence-corrected chi connectivity index (χ4v) is 2.78. The van der Waals surface area contributed by atoms with Gasteiger partial charge in [0.25, 0.3) is 5.91 Å². The summed E-state index contributed by atoms with van der Waals surface area (Å²) in [7, 11) is 1.61. The average molecular weight is 366 g/mol. The van der Waals surface area contributed by atoms with Crippen LogP contribution >= 0.6 is 0 Å². The molecule has 1 N–H and O–H groups in total. The van der Waals surface area contributed by atoms with Gasteiger partial charge in [-0.1, -0.05) is 24.3 Å². The van der Waals surface area contributed by atoms with Crippen LogP contribution < -0.4 is 10.1 Å². The highest BCUT2D eigenvalue weighted by atomic mass is 16.5. The molecule has 6 heteroatoms. The molecule has 0 spiro atoms. The molecule has 0 aliphatic carbocycles. The summed E-state index contributed by atoms with van der Waals surface area (Å²) in [5.74, 6) is 0.355. The van der Waals surface area contributed by atoms with Crippen molar-refractivity contribution in [3.63, 3.8) is 0 Å². The van der Waals surface area contributed by atoms with Gasteiger partial charge in [-0.25, -0.2) is 0 Å². The number of ether oxygens (including phenoxy) is 2. The Morgan fingerprint density at radius 3 is 2.48 bits per heavy atom. The Kier molecular flexibility index (Phi) is 6.22. The molecule has 0 atom stereocenters. The molecule has 0 saturated carbocycles. The maximum atomic E-state index is 12.7. The van der Waals surface area contributed by atoms with Gasteiger partial charge in [-0.05, 0) is 35.9 Å². The van der Waals surface area contributed by atoms with Crippen molar-refractivity contribution >= 4 is 23.6 Å². The fourth-order valence-electron chi connectivity index (χ4n) is 2.78. The first-order chi connectivity index (χ1) is 13.2. The van der Waals surface area contributed by atoms with E-state index >= 15 is 0 Å². The number of carbonyl (C=O) groups excluding carboxylic acids is 2. The lowest BCUT2D eigenvalue weighted by Gasteiger charge is -2.27. The SMILES string of the molecule is COc1ccc(C=CC(=O)Nc2ccccc2C(=O)N2CCOCC2)cc1. The molecule has 0 aromatic heterocycles. The molecule has 1 aliphatic rings. The molecule has 1 aliphatic heterocycles. The Bertz CT molecular complexity index is 824. The van der Waals surface area contributed by atoms with Gasteiger partial charge in [-0.15, -0.1) is 0 Å². The molecule has 1 heterocycles. The van der Waals surface area contributed by atoms with Gasteiger partial charge in [0, 0.05) is 19.2 Å². The number of morpholine rings is 1. The van der Waals surface area contributed by atoms with E-state index < -0.39 is 0 Å². The predicted octanol–water partition coefficient (Wildman–Crippen LogP) is 2.82. The van der Waals surface area contributed by atoms with Gasteiger partial charge in [-0.3, -0.25) is 9.59 Å². The van der Waals surface area contributed by atoms with Crippen LogP contribution in [0.5, 0.6) is 5.75 Å². The fraction of sp³-hybridized carbons (Fsp3) is 0.238. The molecule has 2 aromatic carbocycles. The molecule has 2 amide bonds. The number of benzene rings is 2. The van der Waals surface area contributed by atoms with Crippen molar-refractivity contribution in [2.45, 2.75) is 0 Å². The third kappa shape index (κ3) is 4.95. The number of hydrogen-bond donors (Lipinski definition) is 1. The van der Waals surface area contributed by atoms with Crippen molar-refractivity contribution in [3.8, 4) is 5.75 Å². The van der Waals surface area contributed by atoms with Crippen molar-refractivity contribution in [3.05, 3.63) is 65.7 Å². The van der Waals surface area contributed by atoms with E-state index in [-0.39, 0.29) is 11.8 Å². The second kappa shape index (κ2) is 9.00. The van der Waals surface area contributed by atoms with Crippen molar-refractivity contribution < 1.29 is 19.1 Å². The summed E-state index contributed by atoms with van der Waals surface area (Å²) in [6.07, 6.45) is 3.15. The van der Waals surface area contributed by atoms with Crippen LogP contribution in [0.25, 0.3) is 6.08 Å². The molecule has 0 unspecified atom stereocenters. The largest absolute Gasteiger partial charge is 0.497 e. The lowest BCUT2D eigenvalue weighted by Crippen LogP contribution is -2.41. The highest BCUT2D eigenvalue weighted by Gasteiger charge is 2.21. The minimum absolute atomic E-state index is 0.103. The van der Waals surface area contributed by atoms with E-state index in [4.69, 9.17) is 9.47 Å². The Morgan fingerprint density at radius 1 is 1.07 bits per heavy atom. The maximum absolute atomic E-state index is 12.7. The third-order valence-corrected chi connectivity index (χ3v) is 4.26. The summed E-state index contributed by atoms with van der Waals surface area (Å²) >= 11 is 0. The number of para-hydroxylation sites is 1. The number of hydrogen-bond acceptors (Lipinski definition) is 4. The van der Waals surface area contributed by atoms with Crippen LogP contribution in [0.2, 0.25) is 0 Å². The van der Waals surface area contributed by atoms with E-state index in [2.05, 4.69) is 5.32 Å². The first-order valence-corrected chi connectivity index (χ1v) is 8.76. The highest BCUT2D eigenvalue weighted by molar-refractivity contribution is 6.07. The van der Waals surface area contributed by atoms with Crippen molar-refractivity contribution in [2.75, 3.05) is 38.7 Å². The topological polar surface area (TPSA) is 67.9 Å². The monoisotopic (exact) mass is 366 g/mol. The van der Waals surface area contributed by atoms with Gasteiger partial charge in [0.1, 0.15) is 5.75 Å². The molecular weight excluding hydrogens is 344 g/mol. The second-order valence-electron chi connectivity index (χ2n) is 6.05. The van der Waals surface area contributed by atoms with Gasteiger partial charge in [0.05, 0.1) is 31.6 Å². The molecule has 1 saturated heterocycles.